The molecule has 1 aromatic rings. The molecule has 0 saturated heterocycles. The molecule has 0 atom stereocenters. The van der Waals surface area contributed by atoms with Gasteiger partial charge < -0.3 is 10.4 Å². The Bertz CT molecular complexity index is 432. The van der Waals surface area contributed by atoms with E-state index in [-0.39, 0.29) is 18.3 Å². The molecular formula is C15H21FN2O2. The van der Waals surface area contributed by atoms with Crippen LogP contribution in [0.15, 0.2) is 24.3 Å². The van der Waals surface area contributed by atoms with Crippen molar-refractivity contribution in [3.8, 4) is 0 Å². The van der Waals surface area contributed by atoms with Crippen LogP contribution in [0.5, 0.6) is 0 Å². The molecule has 110 valence electrons. The Morgan fingerprint density at radius 2 is 2.05 bits per heavy atom. The molecule has 5 heteroatoms. The molecule has 1 aromatic carbocycles. The van der Waals surface area contributed by atoms with Crippen molar-refractivity contribution in [3.63, 3.8) is 0 Å². The summed E-state index contributed by atoms with van der Waals surface area (Å²) in [7, 11) is 0. The first-order valence-electron chi connectivity index (χ1n) is 7.09. The molecule has 1 aliphatic carbocycles. The molecule has 1 amide bonds. The Hall–Kier alpha value is -1.46. The average molecular weight is 280 g/mol. The average Bonchev–Trinajstić information content (AvgIpc) is 2.36. The molecule has 4 nitrogen and oxygen atoms in total. The largest absolute Gasteiger partial charge is 0.396 e. The minimum atomic E-state index is -0.318. The standard InChI is InChI=1S/C15H21FN2O2/c16-12-5-7-13(8-6-12)17-15(20)11-18(9-2-10-19)14-3-1-4-14/h5-8,14,19H,1-4,9-11H2,(H,17,20). The van der Waals surface area contributed by atoms with Crippen molar-refractivity contribution >= 4 is 11.6 Å². The van der Waals surface area contributed by atoms with Gasteiger partial charge in [0.2, 0.25) is 5.91 Å². The number of benzene rings is 1. The number of anilines is 1. The number of halogens is 1. The summed E-state index contributed by atoms with van der Waals surface area (Å²) in [4.78, 5) is 14.1. The van der Waals surface area contributed by atoms with Crippen LogP contribution in [0.2, 0.25) is 0 Å². The van der Waals surface area contributed by atoms with Crippen LogP contribution >= 0.6 is 0 Å². The Kier molecular flexibility index (Phi) is 5.49. The van der Waals surface area contributed by atoms with Gasteiger partial charge in [-0.05, 0) is 43.5 Å². The molecule has 1 saturated carbocycles. The molecule has 0 heterocycles. The van der Waals surface area contributed by atoms with Gasteiger partial charge >= 0.3 is 0 Å². The number of rotatable bonds is 7. The maximum atomic E-state index is 12.8. The summed E-state index contributed by atoms with van der Waals surface area (Å²) < 4.78 is 12.8. The lowest BCUT2D eigenvalue weighted by Crippen LogP contribution is -2.45. The Morgan fingerprint density at radius 1 is 1.35 bits per heavy atom. The van der Waals surface area contributed by atoms with Gasteiger partial charge in [0.05, 0.1) is 6.54 Å². The number of carbonyl (C=O) groups excluding carboxylic acids is 1. The highest BCUT2D eigenvalue weighted by Gasteiger charge is 2.25. The summed E-state index contributed by atoms with van der Waals surface area (Å²) in [6, 6.07) is 6.21. The first-order valence-corrected chi connectivity index (χ1v) is 7.09. The molecule has 0 aromatic heterocycles. The summed E-state index contributed by atoms with van der Waals surface area (Å²) >= 11 is 0. The topological polar surface area (TPSA) is 52.6 Å². The van der Waals surface area contributed by atoms with Crippen molar-refractivity contribution in [1.82, 2.24) is 4.90 Å². The van der Waals surface area contributed by atoms with Crippen LogP contribution in [0.25, 0.3) is 0 Å². The fourth-order valence-electron chi connectivity index (χ4n) is 2.33. The van der Waals surface area contributed by atoms with Crippen LogP contribution in [0.4, 0.5) is 10.1 Å². The van der Waals surface area contributed by atoms with Crippen LogP contribution in [-0.2, 0) is 4.79 Å². The zero-order chi connectivity index (χ0) is 14.4. The van der Waals surface area contributed by atoms with Crippen molar-refractivity contribution in [2.24, 2.45) is 0 Å². The summed E-state index contributed by atoms with van der Waals surface area (Å²) in [5.74, 6) is -0.413. The van der Waals surface area contributed by atoms with E-state index in [2.05, 4.69) is 10.2 Å². The number of hydrogen-bond acceptors (Lipinski definition) is 3. The molecule has 0 unspecified atom stereocenters. The molecule has 0 radical (unpaired) electrons. The Morgan fingerprint density at radius 3 is 2.60 bits per heavy atom. The van der Waals surface area contributed by atoms with E-state index in [0.29, 0.717) is 24.7 Å². The van der Waals surface area contributed by atoms with E-state index >= 15 is 0 Å². The van der Waals surface area contributed by atoms with E-state index in [4.69, 9.17) is 5.11 Å². The second-order valence-electron chi connectivity index (χ2n) is 5.19. The molecular weight excluding hydrogens is 259 g/mol. The molecule has 20 heavy (non-hydrogen) atoms. The number of amides is 1. The molecule has 2 rings (SSSR count). The van der Waals surface area contributed by atoms with E-state index in [0.717, 1.165) is 19.4 Å². The van der Waals surface area contributed by atoms with E-state index in [1.165, 1.54) is 18.6 Å². The summed E-state index contributed by atoms with van der Waals surface area (Å²) in [5.41, 5.74) is 0.604. The van der Waals surface area contributed by atoms with Gasteiger partial charge in [-0.25, -0.2) is 4.39 Å². The van der Waals surface area contributed by atoms with Gasteiger partial charge in [-0.15, -0.1) is 0 Å². The predicted molar refractivity (Wildman–Crippen MR) is 75.9 cm³/mol. The first-order chi connectivity index (χ1) is 9.69. The first kappa shape index (κ1) is 14.9. The normalized spacial score (nSPS) is 15.2. The van der Waals surface area contributed by atoms with Crippen LogP contribution in [-0.4, -0.2) is 41.7 Å². The lowest BCUT2D eigenvalue weighted by Gasteiger charge is -2.37. The SMILES string of the molecule is O=C(CN(CCCO)C1CCC1)Nc1ccc(F)cc1. The fraction of sp³-hybridized carbons (Fsp3) is 0.533. The van der Waals surface area contributed by atoms with Gasteiger partial charge in [0, 0.05) is 24.9 Å². The van der Waals surface area contributed by atoms with E-state index in [1.807, 2.05) is 0 Å². The molecule has 0 spiro atoms. The fourth-order valence-corrected chi connectivity index (χ4v) is 2.33. The van der Waals surface area contributed by atoms with Gasteiger partial charge in [0.25, 0.3) is 0 Å². The second-order valence-corrected chi connectivity index (χ2v) is 5.19. The number of aliphatic hydroxyl groups is 1. The Balaban J connectivity index is 1.85. The van der Waals surface area contributed by atoms with E-state index in [9.17, 15) is 9.18 Å². The minimum absolute atomic E-state index is 0.0959. The molecule has 1 fully saturated rings. The number of aliphatic hydroxyl groups excluding tert-OH is 1. The quantitative estimate of drug-likeness (QED) is 0.803. The van der Waals surface area contributed by atoms with Crippen LogP contribution < -0.4 is 5.32 Å². The van der Waals surface area contributed by atoms with Gasteiger partial charge in [-0.3, -0.25) is 9.69 Å². The third kappa shape index (κ3) is 4.28. The number of carbonyl (C=O) groups is 1. The van der Waals surface area contributed by atoms with Crippen molar-refractivity contribution in [1.29, 1.82) is 0 Å². The zero-order valence-electron chi connectivity index (χ0n) is 11.5. The van der Waals surface area contributed by atoms with Crippen LogP contribution in [0.1, 0.15) is 25.7 Å². The maximum Gasteiger partial charge on any atom is 0.238 e. The van der Waals surface area contributed by atoms with Gasteiger partial charge in [-0.1, -0.05) is 6.42 Å². The maximum absolute atomic E-state index is 12.8. The molecule has 2 N–H and O–H groups in total. The predicted octanol–water partition coefficient (Wildman–Crippen LogP) is 2.00. The number of hydrogen-bond donors (Lipinski definition) is 2. The smallest absolute Gasteiger partial charge is 0.238 e. The summed E-state index contributed by atoms with van der Waals surface area (Å²) in [6.07, 6.45) is 4.13. The van der Waals surface area contributed by atoms with E-state index in [1.54, 1.807) is 12.1 Å². The monoisotopic (exact) mass is 280 g/mol. The highest BCUT2D eigenvalue weighted by molar-refractivity contribution is 5.92. The molecule has 0 bridgehead atoms. The highest BCUT2D eigenvalue weighted by atomic mass is 19.1. The van der Waals surface area contributed by atoms with Crippen LogP contribution in [0, 0.1) is 5.82 Å². The third-order valence-electron chi connectivity index (χ3n) is 3.67. The molecule has 1 aliphatic rings. The summed E-state index contributed by atoms with van der Waals surface area (Å²) in [5, 5.41) is 11.7. The zero-order valence-corrected chi connectivity index (χ0v) is 11.5. The van der Waals surface area contributed by atoms with Crippen molar-refractivity contribution in [3.05, 3.63) is 30.1 Å². The van der Waals surface area contributed by atoms with E-state index < -0.39 is 0 Å². The lowest BCUT2D eigenvalue weighted by molar-refractivity contribution is -0.118. The highest BCUT2D eigenvalue weighted by Crippen LogP contribution is 2.24. The number of nitrogens with zero attached hydrogens (tertiary/aromatic N) is 1. The minimum Gasteiger partial charge on any atom is -0.396 e. The van der Waals surface area contributed by atoms with Crippen LogP contribution in [0.3, 0.4) is 0 Å². The van der Waals surface area contributed by atoms with Gasteiger partial charge in [0.1, 0.15) is 5.82 Å². The van der Waals surface area contributed by atoms with Gasteiger partial charge in [-0.2, -0.15) is 0 Å². The van der Waals surface area contributed by atoms with Crippen molar-refractivity contribution in [2.75, 3.05) is 25.0 Å². The van der Waals surface area contributed by atoms with Crippen molar-refractivity contribution < 1.29 is 14.3 Å². The number of nitrogens with one attached hydrogen (secondary N) is 1. The van der Waals surface area contributed by atoms with Gasteiger partial charge in [0.15, 0.2) is 0 Å². The second kappa shape index (κ2) is 7.36. The molecule has 0 aliphatic heterocycles. The van der Waals surface area contributed by atoms with Crippen molar-refractivity contribution in [2.45, 2.75) is 31.7 Å². The Labute approximate surface area is 118 Å². The lowest BCUT2D eigenvalue weighted by atomic mass is 9.91. The summed E-state index contributed by atoms with van der Waals surface area (Å²) in [6.45, 7) is 1.20. The third-order valence-corrected chi connectivity index (χ3v) is 3.67.